The van der Waals surface area contributed by atoms with E-state index in [-0.39, 0.29) is 24.8 Å². The van der Waals surface area contributed by atoms with Crippen molar-refractivity contribution in [3.63, 3.8) is 0 Å². The van der Waals surface area contributed by atoms with Crippen molar-refractivity contribution in [1.29, 1.82) is 0 Å². The van der Waals surface area contributed by atoms with Crippen molar-refractivity contribution < 1.29 is 19.1 Å². The molecule has 2 amide bonds. The summed E-state index contributed by atoms with van der Waals surface area (Å²) in [5.41, 5.74) is 3.40. The molecule has 1 saturated heterocycles. The number of halogens is 1. The number of amides is 2. The molecule has 2 aromatic carbocycles. The molecular formula is C27H29ClN2O4. The van der Waals surface area contributed by atoms with E-state index < -0.39 is 11.9 Å². The standard InChI is InChI=1S/C27H29ClN2O4/c1-3-34-27(33)25-18(2)30(24(31)16-23(25)21-7-6-8-22(28)15-21)17-19-9-11-20(12-10-19)26(32)29-13-4-5-14-29/h6-12,15,23H,3-5,13-14,16-17H2,1-2H3. The largest absolute Gasteiger partial charge is 0.463 e. The molecular weight excluding hydrogens is 452 g/mol. The summed E-state index contributed by atoms with van der Waals surface area (Å²) in [6.07, 6.45) is 2.24. The van der Waals surface area contributed by atoms with Gasteiger partial charge in [-0.1, -0.05) is 35.9 Å². The Hall–Kier alpha value is -3.12. The Morgan fingerprint density at radius 3 is 2.44 bits per heavy atom. The molecule has 2 aliphatic heterocycles. The van der Waals surface area contributed by atoms with Crippen molar-refractivity contribution in [3.05, 3.63) is 81.5 Å². The van der Waals surface area contributed by atoms with Crippen molar-refractivity contribution in [3.8, 4) is 0 Å². The number of allylic oxidation sites excluding steroid dienone is 1. The van der Waals surface area contributed by atoms with Gasteiger partial charge in [-0.15, -0.1) is 0 Å². The number of carbonyl (C=O) groups is 3. The average molecular weight is 481 g/mol. The fourth-order valence-corrected chi connectivity index (χ4v) is 4.92. The number of ether oxygens (including phenoxy) is 1. The molecule has 0 saturated carbocycles. The lowest BCUT2D eigenvalue weighted by Gasteiger charge is -2.34. The molecule has 0 N–H and O–H groups in total. The minimum Gasteiger partial charge on any atom is -0.463 e. The van der Waals surface area contributed by atoms with Crippen molar-refractivity contribution >= 4 is 29.4 Å². The van der Waals surface area contributed by atoms with Crippen molar-refractivity contribution in [2.24, 2.45) is 0 Å². The van der Waals surface area contributed by atoms with Crippen LogP contribution in [0.15, 0.2) is 59.8 Å². The van der Waals surface area contributed by atoms with Gasteiger partial charge in [0, 0.05) is 41.7 Å². The van der Waals surface area contributed by atoms with Crippen molar-refractivity contribution in [1.82, 2.24) is 9.80 Å². The molecule has 1 fully saturated rings. The van der Waals surface area contributed by atoms with E-state index in [9.17, 15) is 14.4 Å². The molecule has 0 spiro atoms. The summed E-state index contributed by atoms with van der Waals surface area (Å²) in [7, 11) is 0. The molecule has 1 atom stereocenters. The van der Waals surface area contributed by atoms with Crippen LogP contribution in [0.4, 0.5) is 0 Å². The smallest absolute Gasteiger partial charge is 0.336 e. The summed E-state index contributed by atoms with van der Waals surface area (Å²) < 4.78 is 5.35. The number of benzene rings is 2. The molecule has 2 aliphatic rings. The van der Waals surface area contributed by atoms with Gasteiger partial charge in [0.25, 0.3) is 5.91 Å². The van der Waals surface area contributed by atoms with E-state index in [4.69, 9.17) is 16.3 Å². The zero-order valence-electron chi connectivity index (χ0n) is 19.6. The van der Waals surface area contributed by atoms with Gasteiger partial charge in [0.2, 0.25) is 5.91 Å². The quantitative estimate of drug-likeness (QED) is 0.550. The Labute approximate surface area is 205 Å². The van der Waals surface area contributed by atoms with Crippen molar-refractivity contribution in [2.75, 3.05) is 19.7 Å². The van der Waals surface area contributed by atoms with E-state index in [0.29, 0.717) is 28.4 Å². The van der Waals surface area contributed by atoms with Gasteiger partial charge in [0.15, 0.2) is 0 Å². The van der Waals surface area contributed by atoms with Gasteiger partial charge in [-0.05, 0) is 62.1 Å². The first-order valence-electron chi connectivity index (χ1n) is 11.7. The number of esters is 1. The van der Waals surface area contributed by atoms with Gasteiger partial charge in [-0.3, -0.25) is 9.59 Å². The summed E-state index contributed by atoms with van der Waals surface area (Å²) in [5, 5.41) is 0.553. The highest BCUT2D eigenvalue weighted by Gasteiger charge is 2.37. The van der Waals surface area contributed by atoms with E-state index in [2.05, 4.69) is 0 Å². The first-order valence-corrected chi connectivity index (χ1v) is 12.1. The van der Waals surface area contributed by atoms with E-state index in [1.54, 1.807) is 30.9 Å². The van der Waals surface area contributed by atoms with Crippen LogP contribution < -0.4 is 0 Å². The van der Waals surface area contributed by atoms with Crippen LogP contribution in [0.2, 0.25) is 5.02 Å². The van der Waals surface area contributed by atoms with Gasteiger partial charge in [-0.2, -0.15) is 0 Å². The summed E-state index contributed by atoms with van der Waals surface area (Å²) in [5.74, 6) is -0.869. The number of nitrogens with zero attached hydrogens (tertiary/aromatic N) is 2. The van der Waals surface area contributed by atoms with Crippen LogP contribution >= 0.6 is 11.6 Å². The van der Waals surface area contributed by atoms with Crippen LogP contribution in [0.1, 0.15) is 60.5 Å². The summed E-state index contributed by atoms with van der Waals surface area (Å²) in [4.78, 5) is 42.3. The molecule has 2 aromatic rings. The molecule has 1 unspecified atom stereocenters. The third-order valence-corrected chi connectivity index (χ3v) is 6.74. The van der Waals surface area contributed by atoms with Crippen LogP contribution in [0.3, 0.4) is 0 Å². The normalized spacial score (nSPS) is 18.4. The maximum atomic E-state index is 13.2. The summed E-state index contributed by atoms with van der Waals surface area (Å²) in [6, 6.07) is 14.6. The third kappa shape index (κ3) is 5.02. The molecule has 4 rings (SSSR count). The Balaban J connectivity index is 1.60. The van der Waals surface area contributed by atoms with E-state index >= 15 is 0 Å². The highest BCUT2D eigenvalue weighted by Crippen LogP contribution is 2.38. The molecule has 2 heterocycles. The second kappa shape index (κ2) is 10.4. The van der Waals surface area contributed by atoms with Crippen LogP contribution in [-0.2, 0) is 20.9 Å². The first kappa shape index (κ1) is 24.0. The monoisotopic (exact) mass is 480 g/mol. The number of hydrogen-bond donors (Lipinski definition) is 0. The number of carbonyl (C=O) groups excluding carboxylic acids is 3. The second-order valence-corrected chi connectivity index (χ2v) is 9.14. The second-order valence-electron chi connectivity index (χ2n) is 8.71. The van der Waals surface area contributed by atoms with Gasteiger partial charge in [-0.25, -0.2) is 4.79 Å². The highest BCUT2D eigenvalue weighted by molar-refractivity contribution is 6.30. The predicted molar refractivity (Wildman–Crippen MR) is 130 cm³/mol. The zero-order chi connectivity index (χ0) is 24.2. The summed E-state index contributed by atoms with van der Waals surface area (Å²) in [6.45, 7) is 5.71. The number of rotatable bonds is 6. The van der Waals surface area contributed by atoms with Gasteiger partial charge in [0.05, 0.1) is 18.7 Å². The molecule has 34 heavy (non-hydrogen) atoms. The van der Waals surface area contributed by atoms with Crippen LogP contribution in [0, 0.1) is 0 Å². The van der Waals surface area contributed by atoms with E-state index in [1.165, 1.54) is 0 Å². The van der Waals surface area contributed by atoms with Crippen LogP contribution in [0.5, 0.6) is 0 Å². The van der Waals surface area contributed by atoms with Gasteiger partial charge in [0.1, 0.15) is 0 Å². The van der Waals surface area contributed by atoms with Gasteiger partial charge >= 0.3 is 5.97 Å². The predicted octanol–water partition coefficient (Wildman–Crippen LogP) is 4.93. The van der Waals surface area contributed by atoms with Crippen molar-refractivity contribution in [2.45, 2.75) is 45.6 Å². The maximum Gasteiger partial charge on any atom is 0.336 e. The Morgan fingerprint density at radius 2 is 1.79 bits per heavy atom. The number of hydrogen-bond acceptors (Lipinski definition) is 4. The molecule has 0 aliphatic carbocycles. The molecule has 178 valence electrons. The Bertz CT molecular complexity index is 1120. The lowest BCUT2D eigenvalue weighted by atomic mass is 9.83. The lowest BCUT2D eigenvalue weighted by Crippen LogP contribution is -2.38. The van der Waals surface area contributed by atoms with Crippen LogP contribution in [-0.4, -0.2) is 47.3 Å². The topological polar surface area (TPSA) is 66.9 Å². The minimum absolute atomic E-state index is 0.0446. The first-order chi connectivity index (χ1) is 16.4. The van der Waals surface area contributed by atoms with Crippen LogP contribution in [0.25, 0.3) is 0 Å². The molecule has 0 bridgehead atoms. The SMILES string of the molecule is CCOC(=O)C1=C(C)N(Cc2ccc(C(=O)N3CCCC3)cc2)C(=O)CC1c1cccc(Cl)c1. The Kier molecular flexibility index (Phi) is 7.37. The Morgan fingerprint density at radius 1 is 1.09 bits per heavy atom. The molecule has 7 heteroatoms. The highest BCUT2D eigenvalue weighted by atomic mass is 35.5. The summed E-state index contributed by atoms with van der Waals surface area (Å²) >= 11 is 6.18. The zero-order valence-corrected chi connectivity index (χ0v) is 20.3. The maximum absolute atomic E-state index is 13.2. The lowest BCUT2D eigenvalue weighted by molar-refractivity contribution is -0.140. The third-order valence-electron chi connectivity index (χ3n) is 6.50. The molecule has 0 aromatic heterocycles. The average Bonchev–Trinajstić information content (AvgIpc) is 3.36. The minimum atomic E-state index is -0.422. The fourth-order valence-electron chi connectivity index (χ4n) is 4.72. The molecule has 0 radical (unpaired) electrons. The van der Waals surface area contributed by atoms with E-state index in [1.807, 2.05) is 41.3 Å². The fraction of sp³-hybridized carbons (Fsp3) is 0.370. The molecule has 6 nitrogen and oxygen atoms in total. The van der Waals surface area contributed by atoms with Gasteiger partial charge < -0.3 is 14.5 Å². The van der Waals surface area contributed by atoms with E-state index in [0.717, 1.165) is 37.1 Å². The number of likely N-dealkylation sites (tertiary alicyclic amines) is 1.